The van der Waals surface area contributed by atoms with Crippen LogP contribution >= 0.6 is 46.9 Å². The molecule has 0 saturated carbocycles. The van der Waals surface area contributed by atoms with Gasteiger partial charge in [-0.3, -0.25) is 9.59 Å². The van der Waals surface area contributed by atoms with Gasteiger partial charge >= 0.3 is 0 Å². The number of carbonyl (C=O) groups is 2. The van der Waals surface area contributed by atoms with E-state index in [0.29, 0.717) is 27.1 Å². The van der Waals surface area contributed by atoms with Crippen LogP contribution in [0.5, 0.6) is 0 Å². The van der Waals surface area contributed by atoms with Gasteiger partial charge in [0.15, 0.2) is 17.6 Å². The van der Waals surface area contributed by atoms with Crippen LogP contribution in [-0.4, -0.2) is 34.2 Å². The third-order valence-electron chi connectivity index (χ3n) is 4.56. The van der Waals surface area contributed by atoms with E-state index in [1.165, 1.54) is 11.9 Å². The maximum Gasteiger partial charge on any atom is 0.251 e. The molecule has 6 nitrogen and oxygen atoms in total. The Bertz CT molecular complexity index is 1140. The summed E-state index contributed by atoms with van der Waals surface area (Å²) >= 11 is 14.9. The van der Waals surface area contributed by atoms with E-state index in [-0.39, 0.29) is 11.6 Å². The van der Waals surface area contributed by atoms with Gasteiger partial charge in [-0.25, -0.2) is 4.31 Å². The van der Waals surface area contributed by atoms with Gasteiger partial charge in [-0.2, -0.15) is 0 Å². The molecule has 10 heteroatoms. The van der Waals surface area contributed by atoms with Crippen molar-refractivity contribution < 1.29 is 14.1 Å². The predicted octanol–water partition coefficient (Wildman–Crippen LogP) is 5.56. The standard InChI is InChI=1S/C21H17Cl2N3O3S2/c1-26-19(20(27)14-4-2-3-5-17(14)31-26)21(28)24-18-9-13(29-25-18)11-30-10-12-6-7-15(22)16(23)8-12/h2-9,19H,10-11H2,1H3,(H,24,25,28). The van der Waals surface area contributed by atoms with Crippen molar-refractivity contribution in [3.05, 3.63) is 75.5 Å². The van der Waals surface area contributed by atoms with E-state index in [2.05, 4.69) is 10.5 Å². The number of hydrogen-bond acceptors (Lipinski definition) is 7. The summed E-state index contributed by atoms with van der Waals surface area (Å²) in [5.41, 5.74) is 1.59. The van der Waals surface area contributed by atoms with Gasteiger partial charge in [0.2, 0.25) is 0 Å². The fraction of sp³-hybridized carbons (Fsp3) is 0.190. The lowest BCUT2D eigenvalue weighted by molar-refractivity contribution is -0.118. The van der Waals surface area contributed by atoms with E-state index in [1.807, 2.05) is 24.3 Å². The van der Waals surface area contributed by atoms with Gasteiger partial charge in [0.05, 0.1) is 15.8 Å². The zero-order valence-corrected chi connectivity index (χ0v) is 19.4. The largest absolute Gasteiger partial charge is 0.358 e. The molecule has 4 rings (SSSR count). The van der Waals surface area contributed by atoms with Crippen LogP contribution in [0.25, 0.3) is 0 Å². The molecule has 1 amide bonds. The Morgan fingerprint density at radius 1 is 1.19 bits per heavy atom. The molecule has 1 atom stereocenters. The zero-order chi connectivity index (χ0) is 22.0. The smallest absolute Gasteiger partial charge is 0.251 e. The van der Waals surface area contributed by atoms with E-state index >= 15 is 0 Å². The molecule has 1 aromatic heterocycles. The average molecular weight is 494 g/mol. The number of benzene rings is 2. The number of thioether (sulfide) groups is 1. The molecule has 0 fully saturated rings. The Balaban J connectivity index is 1.34. The van der Waals surface area contributed by atoms with Crippen molar-refractivity contribution in [3.8, 4) is 0 Å². The van der Waals surface area contributed by atoms with Crippen molar-refractivity contribution in [1.29, 1.82) is 0 Å². The monoisotopic (exact) mass is 493 g/mol. The highest BCUT2D eigenvalue weighted by molar-refractivity contribution is 7.97. The van der Waals surface area contributed by atoms with Gasteiger partial charge in [-0.1, -0.05) is 52.6 Å². The molecular formula is C21H17Cl2N3O3S2. The van der Waals surface area contributed by atoms with Gasteiger partial charge in [-0.15, -0.1) is 11.8 Å². The minimum Gasteiger partial charge on any atom is -0.358 e. The number of aromatic nitrogens is 1. The molecule has 2 heterocycles. The molecule has 0 bridgehead atoms. The number of ketones is 1. The number of amides is 1. The second-order valence-corrected chi connectivity index (χ2v) is 9.81. The maximum absolute atomic E-state index is 12.8. The lowest BCUT2D eigenvalue weighted by atomic mass is 10.0. The summed E-state index contributed by atoms with van der Waals surface area (Å²) in [6, 6.07) is 13.5. The lowest BCUT2D eigenvalue weighted by Crippen LogP contribution is -2.46. The fourth-order valence-electron chi connectivity index (χ4n) is 3.09. The van der Waals surface area contributed by atoms with Crippen LogP contribution in [0.4, 0.5) is 5.82 Å². The highest BCUT2D eigenvalue weighted by Crippen LogP contribution is 2.34. The molecule has 1 N–H and O–H groups in total. The quantitative estimate of drug-likeness (QED) is 0.355. The molecule has 1 aliphatic heterocycles. The van der Waals surface area contributed by atoms with Crippen LogP contribution in [-0.2, 0) is 16.3 Å². The first-order chi connectivity index (χ1) is 14.9. The maximum atomic E-state index is 12.8. The molecule has 31 heavy (non-hydrogen) atoms. The topological polar surface area (TPSA) is 75.4 Å². The van der Waals surface area contributed by atoms with E-state index < -0.39 is 11.9 Å². The molecule has 1 aliphatic rings. The first-order valence-corrected chi connectivity index (χ1v) is 11.9. The summed E-state index contributed by atoms with van der Waals surface area (Å²) in [6.45, 7) is 0. The molecular weight excluding hydrogens is 477 g/mol. The summed E-state index contributed by atoms with van der Waals surface area (Å²) in [6.07, 6.45) is 0. The highest BCUT2D eigenvalue weighted by Gasteiger charge is 2.37. The molecule has 0 radical (unpaired) electrons. The summed E-state index contributed by atoms with van der Waals surface area (Å²) < 4.78 is 6.95. The van der Waals surface area contributed by atoms with E-state index in [9.17, 15) is 9.59 Å². The highest BCUT2D eigenvalue weighted by atomic mass is 35.5. The summed E-state index contributed by atoms with van der Waals surface area (Å²) in [4.78, 5) is 26.4. The number of fused-ring (bicyclic) bond motifs is 1. The van der Waals surface area contributed by atoms with Crippen LogP contribution in [0.1, 0.15) is 21.7 Å². The second kappa shape index (κ2) is 9.67. The first kappa shape index (κ1) is 22.2. The Kier molecular flexibility index (Phi) is 6.93. The third kappa shape index (κ3) is 5.10. The van der Waals surface area contributed by atoms with E-state index in [0.717, 1.165) is 16.2 Å². The van der Waals surface area contributed by atoms with Crippen LogP contribution in [0, 0.1) is 0 Å². The van der Waals surface area contributed by atoms with Crippen LogP contribution in [0.2, 0.25) is 10.0 Å². The molecule has 1 unspecified atom stereocenters. The summed E-state index contributed by atoms with van der Waals surface area (Å²) in [5.74, 6) is 1.49. The number of Topliss-reactive ketones (excluding diaryl/α,β-unsaturated/α-hetero) is 1. The van der Waals surface area contributed by atoms with Crippen molar-refractivity contribution in [2.24, 2.45) is 0 Å². The van der Waals surface area contributed by atoms with Crippen LogP contribution in [0.3, 0.4) is 0 Å². The van der Waals surface area contributed by atoms with Crippen LogP contribution in [0.15, 0.2) is 57.9 Å². The third-order valence-corrected chi connectivity index (χ3v) is 7.38. The number of rotatable bonds is 6. The predicted molar refractivity (Wildman–Crippen MR) is 125 cm³/mol. The van der Waals surface area contributed by atoms with Crippen molar-refractivity contribution in [1.82, 2.24) is 9.46 Å². The minimum atomic E-state index is -0.941. The lowest BCUT2D eigenvalue weighted by Gasteiger charge is -2.30. The zero-order valence-electron chi connectivity index (χ0n) is 16.3. The van der Waals surface area contributed by atoms with Crippen molar-refractivity contribution in [3.63, 3.8) is 0 Å². The number of anilines is 1. The molecule has 2 aromatic carbocycles. The van der Waals surface area contributed by atoms with Gasteiger partial charge in [-0.05, 0) is 42.8 Å². The number of carbonyl (C=O) groups excluding carboxylic acids is 2. The Morgan fingerprint density at radius 3 is 2.81 bits per heavy atom. The normalized spacial score (nSPS) is 16.2. The summed E-state index contributed by atoms with van der Waals surface area (Å²) in [5, 5.41) is 7.63. The fourth-order valence-corrected chi connectivity index (χ4v) is 5.28. The van der Waals surface area contributed by atoms with Crippen molar-refractivity contribution in [2.45, 2.75) is 22.4 Å². The number of halogens is 2. The minimum absolute atomic E-state index is 0.241. The van der Waals surface area contributed by atoms with Crippen molar-refractivity contribution >= 4 is 64.4 Å². The van der Waals surface area contributed by atoms with E-state index in [4.69, 9.17) is 27.7 Å². The van der Waals surface area contributed by atoms with Gasteiger partial charge in [0, 0.05) is 22.3 Å². The van der Waals surface area contributed by atoms with Gasteiger partial charge in [0.25, 0.3) is 5.91 Å². The number of likely N-dealkylation sites (N-methyl/N-ethyl adjacent to an activating group) is 1. The molecule has 0 aliphatic carbocycles. The van der Waals surface area contributed by atoms with Gasteiger partial charge < -0.3 is 9.84 Å². The summed E-state index contributed by atoms with van der Waals surface area (Å²) in [7, 11) is 1.72. The molecule has 0 spiro atoms. The number of hydrogen-bond donors (Lipinski definition) is 1. The Hall–Kier alpha value is -1.97. The molecule has 0 saturated heterocycles. The number of nitrogens with one attached hydrogen (secondary N) is 1. The second-order valence-electron chi connectivity index (χ2n) is 6.81. The van der Waals surface area contributed by atoms with Crippen LogP contribution < -0.4 is 5.32 Å². The molecule has 3 aromatic rings. The van der Waals surface area contributed by atoms with Gasteiger partial charge in [0.1, 0.15) is 5.76 Å². The Morgan fingerprint density at radius 2 is 2.00 bits per heavy atom. The molecule has 160 valence electrons. The van der Waals surface area contributed by atoms with Crippen molar-refractivity contribution in [2.75, 3.05) is 12.4 Å². The first-order valence-electron chi connectivity index (χ1n) is 9.24. The Labute approximate surface area is 197 Å². The number of nitrogens with zero attached hydrogens (tertiary/aromatic N) is 2. The average Bonchev–Trinajstić information content (AvgIpc) is 3.17. The van der Waals surface area contributed by atoms with E-state index in [1.54, 1.807) is 47.4 Å². The SMILES string of the molecule is CN1Sc2ccccc2C(=O)C1C(=O)Nc1cc(CSCc2ccc(Cl)c(Cl)c2)on1.